The molecule has 0 radical (unpaired) electrons. The summed E-state index contributed by atoms with van der Waals surface area (Å²) in [5, 5.41) is 1.85. The number of aromatic amines is 1. The van der Waals surface area contributed by atoms with Crippen LogP contribution in [0.2, 0.25) is 0 Å². The molecule has 2 heterocycles. The summed E-state index contributed by atoms with van der Waals surface area (Å²) < 4.78 is 0.632. The number of amides is 1. The number of nitrogens with one attached hydrogen (secondary N) is 1. The van der Waals surface area contributed by atoms with Crippen LogP contribution in [0.3, 0.4) is 0 Å². The lowest BCUT2D eigenvalue weighted by Crippen LogP contribution is -2.33. The second-order valence-electron chi connectivity index (χ2n) is 5.59. The van der Waals surface area contributed by atoms with Gasteiger partial charge in [0.15, 0.2) is 0 Å². The molecule has 0 aromatic carbocycles. The van der Waals surface area contributed by atoms with Crippen LogP contribution in [0, 0.1) is 5.92 Å². The van der Waals surface area contributed by atoms with Crippen molar-refractivity contribution in [3.05, 3.63) is 27.6 Å². The van der Waals surface area contributed by atoms with Crippen LogP contribution in [0.4, 0.5) is 0 Å². The maximum atomic E-state index is 12.5. The average Bonchev–Trinajstić information content (AvgIpc) is 2.96. The molecule has 1 N–H and O–H groups in total. The number of rotatable bonds is 7. The standard InChI is InChI=1S/C16H23N3O2S/c1-4-6-7-11(5-2)16(21)19(3)10-13-17-12-8-9-22-14(12)15(20)18-13/h8-9,11H,4-7,10H2,1-3H3,(H,17,18,20)/t11-/m0/s1. The Morgan fingerprint density at radius 2 is 2.23 bits per heavy atom. The summed E-state index contributed by atoms with van der Waals surface area (Å²) in [6.45, 7) is 4.51. The van der Waals surface area contributed by atoms with E-state index < -0.39 is 0 Å². The number of fused-ring (bicyclic) bond motifs is 1. The highest BCUT2D eigenvalue weighted by Gasteiger charge is 2.20. The second-order valence-corrected chi connectivity index (χ2v) is 6.51. The van der Waals surface area contributed by atoms with Crippen LogP contribution in [-0.2, 0) is 11.3 Å². The molecule has 0 saturated heterocycles. The number of aromatic nitrogens is 2. The molecule has 1 amide bonds. The van der Waals surface area contributed by atoms with Crippen molar-refractivity contribution >= 4 is 27.5 Å². The first-order valence-corrected chi connectivity index (χ1v) is 8.66. The molecule has 1 atom stereocenters. The Bertz CT molecular complexity index is 692. The van der Waals surface area contributed by atoms with E-state index in [-0.39, 0.29) is 17.4 Å². The number of hydrogen-bond donors (Lipinski definition) is 1. The Kier molecular flexibility index (Phi) is 5.71. The van der Waals surface area contributed by atoms with E-state index in [1.54, 1.807) is 11.9 Å². The first-order valence-electron chi connectivity index (χ1n) is 7.78. The fraction of sp³-hybridized carbons (Fsp3) is 0.562. The van der Waals surface area contributed by atoms with Crippen LogP contribution in [-0.4, -0.2) is 27.8 Å². The summed E-state index contributed by atoms with van der Waals surface area (Å²) in [4.78, 5) is 33.3. The van der Waals surface area contributed by atoms with Gasteiger partial charge in [-0.25, -0.2) is 4.98 Å². The number of carbonyl (C=O) groups is 1. The lowest BCUT2D eigenvalue weighted by atomic mass is 9.98. The van der Waals surface area contributed by atoms with Crippen molar-refractivity contribution < 1.29 is 4.79 Å². The van der Waals surface area contributed by atoms with E-state index in [1.165, 1.54) is 11.3 Å². The predicted molar refractivity (Wildman–Crippen MR) is 90.0 cm³/mol. The molecular formula is C16H23N3O2S. The number of thiophene rings is 1. The van der Waals surface area contributed by atoms with Crippen LogP contribution >= 0.6 is 11.3 Å². The zero-order chi connectivity index (χ0) is 16.1. The first-order chi connectivity index (χ1) is 10.6. The van der Waals surface area contributed by atoms with E-state index in [0.29, 0.717) is 22.6 Å². The lowest BCUT2D eigenvalue weighted by Gasteiger charge is -2.22. The molecule has 0 saturated carbocycles. The predicted octanol–water partition coefficient (Wildman–Crippen LogP) is 3.16. The third kappa shape index (κ3) is 3.74. The SMILES string of the molecule is CCCC[C@H](CC)C(=O)N(C)Cc1nc2ccsc2c(=O)[nH]1. The van der Waals surface area contributed by atoms with Crippen molar-refractivity contribution in [3.8, 4) is 0 Å². The van der Waals surface area contributed by atoms with Gasteiger partial charge < -0.3 is 9.88 Å². The Morgan fingerprint density at radius 1 is 1.45 bits per heavy atom. The van der Waals surface area contributed by atoms with Crippen LogP contribution in [0.25, 0.3) is 10.2 Å². The van der Waals surface area contributed by atoms with Gasteiger partial charge in [0.1, 0.15) is 10.5 Å². The van der Waals surface area contributed by atoms with E-state index in [1.807, 2.05) is 18.4 Å². The Hall–Kier alpha value is -1.69. The summed E-state index contributed by atoms with van der Waals surface area (Å²) >= 11 is 1.38. The summed E-state index contributed by atoms with van der Waals surface area (Å²) in [5.74, 6) is 0.725. The molecule has 2 aromatic heterocycles. The van der Waals surface area contributed by atoms with Crippen molar-refractivity contribution in [1.29, 1.82) is 0 Å². The fourth-order valence-electron chi connectivity index (χ4n) is 2.56. The van der Waals surface area contributed by atoms with Gasteiger partial charge in [0.25, 0.3) is 5.56 Å². The number of hydrogen-bond acceptors (Lipinski definition) is 4. The van der Waals surface area contributed by atoms with Crippen molar-refractivity contribution in [2.75, 3.05) is 7.05 Å². The normalized spacial score (nSPS) is 12.5. The number of unbranched alkanes of at least 4 members (excludes halogenated alkanes) is 1. The average molecular weight is 321 g/mol. The maximum absolute atomic E-state index is 12.5. The smallest absolute Gasteiger partial charge is 0.268 e. The highest BCUT2D eigenvalue weighted by Crippen LogP contribution is 2.17. The number of nitrogens with zero attached hydrogens (tertiary/aromatic N) is 2. The minimum Gasteiger partial charge on any atom is -0.338 e. The highest BCUT2D eigenvalue weighted by molar-refractivity contribution is 7.17. The van der Waals surface area contributed by atoms with Crippen molar-refractivity contribution in [3.63, 3.8) is 0 Å². The van der Waals surface area contributed by atoms with E-state index >= 15 is 0 Å². The Labute approximate surface area is 134 Å². The summed E-state index contributed by atoms with van der Waals surface area (Å²) in [7, 11) is 1.77. The van der Waals surface area contributed by atoms with Crippen LogP contribution < -0.4 is 5.56 Å². The van der Waals surface area contributed by atoms with E-state index in [4.69, 9.17) is 0 Å². The minimum atomic E-state index is -0.131. The topological polar surface area (TPSA) is 66.1 Å². The molecule has 120 valence electrons. The summed E-state index contributed by atoms with van der Waals surface area (Å²) in [6.07, 6.45) is 3.92. The molecule has 0 spiro atoms. The molecule has 0 unspecified atom stereocenters. The van der Waals surface area contributed by atoms with Gasteiger partial charge in [-0.05, 0) is 24.3 Å². The van der Waals surface area contributed by atoms with Gasteiger partial charge in [0.05, 0.1) is 12.1 Å². The molecule has 2 rings (SSSR count). The Balaban J connectivity index is 2.10. The van der Waals surface area contributed by atoms with Crippen molar-refractivity contribution in [1.82, 2.24) is 14.9 Å². The van der Waals surface area contributed by atoms with E-state index in [0.717, 1.165) is 25.7 Å². The van der Waals surface area contributed by atoms with Gasteiger partial charge >= 0.3 is 0 Å². The Morgan fingerprint density at radius 3 is 2.91 bits per heavy atom. The van der Waals surface area contributed by atoms with Gasteiger partial charge in [0.2, 0.25) is 5.91 Å². The molecule has 0 aliphatic heterocycles. The molecule has 0 aliphatic carbocycles. The monoisotopic (exact) mass is 321 g/mol. The van der Waals surface area contributed by atoms with E-state index in [2.05, 4.69) is 16.9 Å². The minimum absolute atomic E-state index is 0.0570. The zero-order valence-corrected chi connectivity index (χ0v) is 14.2. The quantitative estimate of drug-likeness (QED) is 0.852. The molecule has 0 aliphatic rings. The van der Waals surface area contributed by atoms with Crippen molar-refractivity contribution in [2.24, 2.45) is 5.92 Å². The summed E-state index contributed by atoms with van der Waals surface area (Å²) in [5.41, 5.74) is 0.566. The van der Waals surface area contributed by atoms with Gasteiger partial charge in [-0.15, -0.1) is 11.3 Å². The molecular weight excluding hydrogens is 298 g/mol. The van der Waals surface area contributed by atoms with Gasteiger partial charge in [-0.2, -0.15) is 0 Å². The largest absolute Gasteiger partial charge is 0.338 e. The third-order valence-corrected chi connectivity index (χ3v) is 4.78. The lowest BCUT2D eigenvalue weighted by molar-refractivity contribution is -0.135. The third-order valence-electron chi connectivity index (χ3n) is 3.88. The first kappa shape index (κ1) is 16.7. The zero-order valence-electron chi connectivity index (χ0n) is 13.4. The van der Waals surface area contributed by atoms with Crippen LogP contribution in [0.5, 0.6) is 0 Å². The van der Waals surface area contributed by atoms with Crippen LogP contribution in [0.1, 0.15) is 45.4 Å². The summed E-state index contributed by atoms with van der Waals surface area (Å²) in [6, 6.07) is 1.83. The number of H-pyrrole nitrogens is 1. The van der Waals surface area contributed by atoms with Gasteiger partial charge in [-0.1, -0.05) is 26.7 Å². The molecule has 5 nitrogen and oxygen atoms in total. The maximum Gasteiger partial charge on any atom is 0.268 e. The van der Waals surface area contributed by atoms with Crippen molar-refractivity contribution in [2.45, 2.75) is 46.1 Å². The molecule has 0 bridgehead atoms. The fourth-order valence-corrected chi connectivity index (χ4v) is 3.29. The number of carbonyl (C=O) groups excluding carboxylic acids is 1. The van der Waals surface area contributed by atoms with E-state index in [9.17, 15) is 9.59 Å². The highest BCUT2D eigenvalue weighted by atomic mass is 32.1. The second kappa shape index (κ2) is 7.54. The van der Waals surface area contributed by atoms with Gasteiger partial charge in [-0.3, -0.25) is 9.59 Å². The molecule has 0 fully saturated rings. The molecule has 22 heavy (non-hydrogen) atoms. The van der Waals surface area contributed by atoms with Crippen LogP contribution in [0.15, 0.2) is 16.2 Å². The molecule has 2 aromatic rings. The van der Waals surface area contributed by atoms with Gasteiger partial charge in [0, 0.05) is 13.0 Å². The molecule has 6 heteroatoms.